The summed E-state index contributed by atoms with van der Waals surface area (Å²) in [6, 6.07) is 17.9. The van der Waals surface area contributed by atoms with Crippen molar-refractivity contribution < 1.29 is 4.42 Å². The predicted molar refractivity (Wildman–Crippen MR) is 107 cm³/mol. The summed E-state index contributed by atoms with van der Waals surface area (Å²) in [5.74, 6) is 1.07. The van der Waals surface area contributed by atoms with Gasteiger partial charge in [0, 0.05) is 26.2 Å². The zero-order chi connectivity index (χ0) is 18.6. The van der Waals surface area contributed by atoms with E-state index < -0.39 is 0 Å². The van der Waals surface area contributed by atoms with Crippen molar-refractivity contribution in [2.45, 2.75) is 13.0 Å². The molecule has 1 unspecified atom stereocenters. The van der Waals surface area contributed by atoms with Crippen LogP contribution in [0.3, 0.4) is 0 Å². The van der Waals surface area contributed by atoms with Gasteiger partial charge < -0.3 is 9.32 Å². The maximum atomic E-state index is 6.30. The molecule has 0 saturated carbocycles. The fourth-order valence-electron chi connectivity index (χ4n) is 3.57. The van der Waals surface area contributed by atoms with Crippen molar-refractivity contribution >= 4 is 11.6 Å². The molecule has 2 heterocycles. The van der Waals surface area contributed by atoms with Gasteiger partial charge in [-0.3, -0.25) is 4.90 Å². The highest BCUT2D eigenvalue weighted by molar-refractivity contribution is 6.33. The van der Waals surface area contributed by atoms with Crippen molar-refractivity contribution in [2.75, 3.05) is 32.7 Å². The largest absolute Gasteiger partial charge is 0.419 e. The normalized spacial score (nSPS) is 17.1. The maximum Gasteiger partial charge on any atom is 0.249 e. The molecule has 1 saturated heterocycles. The lowest BCUT2D eigenvalue weighted by Gasteiger charge is -2.37. The van der Waals surface area contributed by atoms with Crippen LogP contribution in [0.2, 0.25) is 5.02 Å². The van der Waals surface area contributed by atoms with E-state index in [0.29, 0.717) is 16.8 Å². The van der Waals surface area contributed by atoms with E-state index in [0.717, 1.165) is 43.9 Å². The van der Waals surface area contributed by atoms with Crippen molar-refractivity contribution in [3.05, 3.63) is 71.1 Å². The molecule has 0 amide bonds. The second-order valence-corrected chi connectivity index (χ2v) is 7.12. The van der Waals surface area contributed by atoms with Crippen LogP contribution >= 0.6 is 11.6 Å². The number of hydrogen-bond donors (Lipinski definition) is 0. The van der Waals surface area contributed by atoms with E-state index in [1.165, 1.54) is 0 Å². The summed E-state index contributed by atoms with van der Waals surface area (Å²) >= 11 is 6.30. The van der Waals surface area contributed by atoms with Crippen molar-refractivity contribution in [2.24, 2.45) is 0 Å². The summed E-state index contributed by atoms with van der Waals surface area (Å²) in [4.78, 5) is 4.88. The van der Waals surface area contributed by atoms with Crippen LogP contribution in [-0.4, -0.2) is 52.7 Å². The zero-order valence-corrected chi connectivity index (χ0v) is 16.1. The summed E-state index contributed by atoms with van der Waals surface area (Å²) in [5, 5.41) is 9.29. The topological polar surface area (TPSA) is 45.4 Å². The maximum absolute atomic E-state index is 6.30. The fourth-order valence-corrected chi connectivity index (χ4v) is 3.79. The fraction of sp³-hybridized carbons (Fsp3) is 0.333. The Morgan fingerprint density at radius 1 is 0.963 bits per heavy atom. The number of likely N-dealkylation sites (N-methyl/N-ethyl adjacent to an activating group) is 1. The van der Waals surface area contributed by atoms with Crippen LogP contribution in [0.5, 0.6) is 0 Å². The summed E-state index contributed by atoms with van der Waals surface area (Å²) in [6.07, 6.45) is 0. The van der Waals surface area contributed by atoms with E-state index in [1.807, 2.05) is 30.3 Å². The summed E-state index contributed by atoms with van der Waals surface area (Å²) < 4.78 is 6.11. The van der Waals surface area contributed by atoms with Gasteiger partial charge in [-0.1, -0.05) is 61.0 Å². The number of piperazine rings is 1. The van der Waals surface area contributed by atoms with Gasteiger partial charge in [0.25, 0.3) is 0 Å². The highest BCUT2D eigenvalue weighted by Gasteiger charge is 2.30. The highest BCUT2D eigenvalue weighted by Crippen LogP contribution is 2.32. The Balaban J connectivity index is 1.67. The molecule has 2 aromatic carbocycles. The minimum Gasteiger partial charge on any atom is -0.419 e. The van der Waals surface area contributed by atoms with Crippen molar-refractivity contribution in [3.8, 4) is 11.5 Å². The van der Waals surface area contributed by atoms with E-state index in [2.05, 4.69) is 51.2 Å². The molecule has 140 valence electrons. The van der Waals surface area contributed by atoms with Crippen molar-refractivity contribution in [3.63, 3.8) is 0 Å². The van der Waals surface area contributed by atoms with Gasteiger partial charge in [-0.15, -0.1) is 10.2 Å². The lowest BCUT2D eigenvalue weighted by Crippen LogP contribution is -2.47. The number of hydrogen-bond acceptors (Lipinski definition) is 5. The number of nitrogens with zero attached hydrogens (tertiary/aromatic N) is 4. The molecule has 5 nitrogen and oxygen atoms in total. The second kappa shape index (κ2) is 8.21. The van der Waals surface area contributed by atoms with Crippen LogP contribution in [0.25, 0.3) is 11.5 Å². The van der Waals surface area contributed by atoms with Gasteiger partial charge in [-0.2, -0.15) is 0 Å². The molecular weight excluding hydrogens is 360 g/mol. The summed E-state index contributed by atoms with van der Waals surface area (Å²) in [5.41, 5.74) is 1.93. The molecule has 1 atom stereocenters. The van der Waals surface area contributed by atoms with Gasteiger partial charge in [0.15, 0.2) is 0 Å². The number of benzene rings is 2. The molecule has 4 rings (SSSR count). The molecular formula is C21H23ClN4O. The van der Waals surface area contributed by atoms with Gasteiger partial charge in [-0.25, -0.2) is 0 Å². The quantitative estimate of drug-likeness (QED) is 0.664. The lowest BCUT2D eigenvalue weighted by atomic mass is 10.0. The van der Waals surface area contributed by atoms with Crippen LogP contribution in [0.4, 0.5) is 0 Å². The van der Waals surface area contributed by atoms with Gasteiger partial charge >= 0.3 is 0 Å². The highest BCUT2D eigenvalue weighted by atomic mass is 35.5. The first-order valence-electron chi connectivity index (χ1n) is 9.36. The third-order valence-corrected chi connectivity index (χ3v) is 5.44. The smallest absolute Gasteiger partial charge is 0.249 e. The van der Waals surface area contributed by atoms with E-state index >= 15 is 0 Å². The van der Waals surface area contributed by atoms with Crippen molar-refractivity contribution in [1.29, 1.82) is 0 Å². The molecule has 1 aliphatic rings. The molecule has 6 heteroatoms. The van der Waals surface area contributed by atoms with Gasteiger partial charge in [-0.05, 0) is 24.2 Å². The van der Waals surface area contributed by atoms with Gasteiger partial charge in [0.2, 0.25) is 11.8 Å². The summed E-state index contributed by atoms with van der Waals surface area (Å²) in [7, 11) is 0. The SMILES string of the molecule is CCN1CCN(C(c2ccccc2)c2nnc(-c3ccccc3Cl)o2)CC1. The molecule has 0 N–H and O–H groups in total. The molecule has 0 spiro atoms. The van der Waals surface area contributed by atoms with Crippen LogP contribution in [-0.2, 0) is 0 Å². The monoisotopic (exact) mass is 382 g/mol. The van der Waals surface area contributed by atoms with E-state index in [1.54, 1.807) is 0 Å². The standard InChI is InChI=1S/C21H23ClN4O/c1-2-25-12-14-26(15-13-25)19(16-8-4-3-5-9-16)21-24-23-20(27-21)17-10-6-7-11-18(17)22/h3-11,19H,2,12-15H2,1H3. The molecule has 1 aromatic heterocycles. The first-order valence-corrected chi connectivity index (χ1v) is 9.73. The molecule has 0 aliphatic carbocycles. The Hall–Kier alpha value is -2.21. The first kappa shape index (κ1) is 18.2. The van der Waals surface area contributed by atoms with Crippen LogP contribution in [0.1, 0.15) is 24.4 Å². The molecule has 1 aliphatic heterocycles. The Bertz CT molecular complexity index is 875. The van der Waals surface area contributed by atoms with Crippen LogP contribution in [0.15, 0.2) is 59.0 Å². The van der Waals surface area contributed by atoms with Crippen LogP contribution in [0, 0.1) is 0 Å². The summed E-state index contributed by atoms with van der Waals surface area (Å²) in [6.45, 7) is 7.32. The minimum absolute atomic E-state index is 0.0473. The van der Waals surface area contributed by atoms with Crippen LogP contribution < -0.4 is 0 Å². The van der Waals surface area contributed by atoms with Crippen molar-refractivity contribution in [1.82, 2.24) is 20.0 Å². The van der Waals surface area contributed by atoms with E-state index in [-0.39, 0.29) is 6.04 Å². The average molecular weight is 383 g/mol. The number of halogens is 1. The number of rotatable bonds is 5. The number of aromatic nitrogens is 2. The average Bonchev–Trinajstić information content (AvgIpc) is 3.19. The predicted octanol–water partition coefficient (Wildman–Crippen LogP) is 4.12. The molecule has 1 fully saturated rings. The lowest BCUT2D eigenvalue weighted by molar-refractivity contribution is 0.103. The van der Waals surface area contributed by atoms with Gasteiger partial charge in [0.1, 0.15) is 6.04 Å². The Morgan fingerprint density at radius 3 is 2.37 bits per heavy atom. The third kappa shape index (κ3) is 3.90. The van der Waals surface area contributed by atoms with Gasteiger partial charge in [0.05, 0.1) is 10.6 Å². The first-order chi connectivity index (χ1) is 13.3. The van der Waals surface area contributed by atoms with E-state index in [4.69, 9.17) is 16.0 Å². The molecule has 0 bridgehead atoms. The zero-order valence-electron chi connectivity index (χ0n) is 15.4. The molecule has 27 heavy (non-hydrogen) atoms. The Labute approximate surface area is 164 Å². The Kier molecular flexibility index (Phi) is 5.53. The molecule has 3 aromatic rings. The minimum atomic E-state index is -0.0473. The Morgan fingerprint density at radius 2 is 1.67 bits per heavy atom. The second-order valence-electron chi connectivity index (χ2n) is 6.71. The van der Waals surface area contributed by atoms with E-state index in [9.17, 15) is 0 Å². The molecule has 0 radical (unpaired) electrons. The third-order valence-electron chi connectivity index (χ3n) is 5.11.